The summed E-state index contributed by atoms with van der Waals surface area (Å²) in [6.07, 6.45) is 1.58. The molecule has 1 aromatic carbocycles. The number of rotatable bonds is 4. The van der Waals surface area contributed by atoms with Crippen LogP contribution in [-0.4, -0.2) is 26.3 Å². The van der Waals surface area contributed by atoms with Crippen LogP contribution in [0.4, 0.5) is 0 Å². The van der Waals surface area contributed by atoms with Gasteiger partial charge in [0.2, 0.25) is 0 Å². The van der Waals surface area contributed by atoms with Gasteiger partial charge in [-0.2, -0.15) is 0 Å². The number of benzene rings is 1. The largest absolute Gasteiger partial charge is 0.303 e. The zero-order valence-corrected chi connectivity index (χ0v) is 12.0. The van der Waals surface area contributed by atoms with Crippen molar-refractivity contribution in [3.8, 4) is 0 Å². The Balaban J connectivity index is 1.94. The molecule has 5 nitrogen and oxygen atoms in total. The molecule has 0 N–H and O–H groups in total. The fraction of sp³-hybridized carbons (Fsp3) is 0.250. The van der Waals surface area contributed by atoms with E-state index in [1.807, 2.05) is 50.4 Å². The molecule has 0 fully saturated rings. The van der Waals surface area contributed by atoms with Gasteiger partial charge in [-0.05, 0) is 36.8 Å². The number of carbonyl (C=O) groups excluding carboxylic acids is 1. The monoisotopic (exact) mass is 280 g/mol. The van der Waals surface area contributed by atoms with Crippen LogP contribution in [0.3, 0.4) is 0 Å². The first-order valence-electron chi connectivity index (χ1n) is 6.84. The Bertz CT molecular complexity index is 794. The lowest BCUT2D eigenvalue weighted by atomic mass is 9.95. The SMILES string of the molecule is Cc1cccc(CC(C=O)c2ccc3nnn(C)c3c2)n1. The number of aryl methyl sites for hydroxylation is 2. The summed E-state index contributed by atoms with van der Waals surface area (Å²) >= 11 is 0. The average molecular weight is 280 g/mol. The van der Waals surface area contributed by atoms with Crippen molar-refractivity contribution in [2.24, 2.45) is 7.05 Å². The molecule has 3 aromatic rings. The highest BCUT2D eigenvalue weighted by atomic mass is 16.1. The van der Waals surface area contributed by atoms with Gasteiger partial charge < -0.3 is 4.79 Å². The third kappa shape index (κ3) is 2.67. The zero-order chi connectivity index (χ0) is 14.8. The molecule has 2 heterocycles. The maximum Gasteiger partial charge on any atom is 0.127 e. The lowest BCUT2D eigenvalue weighted by Crippen LogP contribution is -2.06. The van der Waals surface area contributed by atoms with Gasteiger partial charge in [0, 0.05) is 30.8 Å². The molecule has 0 radical (unpaired) electrons. The number of carbonyl (C=O) groups is 1. The van der Waals surface area contributed by atoms with Crippen molar-refractivity contribution in [1.82, 2.24) is 20.0 Å². The van der Waals surface area contributed by atoms with Crippen LogP contribution in [-0.2, 0) is 18.3 Å². The smallest absolute Gasteiger partial charge is 0.127 e. The minimum Gasteiger partial charge on any atom is -0.303 e. The van der Waals surface area contributed by atoms with Crippen LogP contribution in [0.5, 0.6) is 0 Å². The summed E-state index contributed by atoms with van der Waals surface area (Å²) in [6.45, 7) is 1.95. The quantitative estimate of drug-likeness (QED) is 0.687. The van der Waals surface area contributed by atoms with E-state index in [0.29, 0.717) is 6.42 Å². The number of fused-ring (bicyclic) bond motifs is 1. The molecular formula is C16H16N4O. The van der Waals surface area contributed by atoms with E-state index >= 15 is 0 Å². The lowest BCUT2D eigenvalue weighted by molar-refractivity contribution is -0.109. The van der Waals surface area contributed by atoms with Gasteiger partial charge in [0.05, 0.1) is 5.52 Å². The molecule has 0 aliphatic rings. The van der Waals surface area contributed by atoms with Crippen LogP contribution < -0.4 is 0 Å². The van der Waals surface area contributed by atoms with Crippen molar-refractivity contribution in [1.29, 1.82) is 0 Å². The maximum atomic E-state index is 11.5. The molecule has 5 heteroatoms. The van der Waals surface area contributed by atoms with Gasteiger partial charge >= 0.3 is 0 Å². The molecule has 0 aliphatic carbocycles. The topological polar surface area (TPSA) is 60.7 Å². The van der Waals surface area contributed by atoms with E-state index in [9.17, 15) is 4.79 Å². The van der Waals surface area contributed by atoms with Crippen molar-refractivity contribution in [3.63, 3.8) is 0 Å². The number of hydrogen-bond acceptors (Lipinski definition) is 4. The second-order valence-corrected chi connectivity index (χ2v) is 5.18. The van der Waals surface area contributed by atoms with Gasteiger partial charge in [-0.1, -0.05) is 17.3 Å². The number of hydrogen-bond donors (Lipinski definition) is 0. The summed E-state index contributed by atoms with van der Waals surface area (Å²) in [4.78, 5) is 16.0. The minimum absolute atomic E-state index is 0.210. The first kappa shape index (κ1) is 13.4. The van der Waals surface area contributed by atoms with Gasteiger partial charge in [0.25, 0.3) is 0 Å². The van der Waals surface area contributed by atoms with Crippen LogP contribution in [0.2, 0.25) is 0 Å². The molecule has 0 bridgehead atoms. The van der Waals surface area contributed by atoms with Crippen LogP contribution >= 0.6 is 0 Å². The van der Waals surface area contributed by atoms with E-state index in [1.54, 1.807) is 4.68 Å². The Hall–Kier alpha value is -2.56. The lowest BCUT2D eigenvalue weighted by Gasteiger charge is -2.11. The van der Waals surface area contributed by atoms with Crippen LogP contribution in [0.15, 0.2) is 36.4 Å². The standard InChI is InChI=1S/C16H16N4O/c1-11-4-3-5-14(17-11)8-13(10-21)12-6-7-15-16(9-12)20(2)19-18-15/h3-7,9-10,13H,8H2,1-2H3. The Labute approximate surface area is 122 Å². The molecule has 3 rings (SSSR count). The first-order valence-corrected chi connectivity index (χ1v) is 6.84. The minimum atomic E-state index is -0.210. The fourth-order valence-electron chi connectivity index (χ4n) is 2.46. The van der Waals surface area contributed by atoms with Crippen molar-refractivity contribution in [2.75, 3.05) is 0 Å². The van der Waals surface area contributed by atoms with Gasteiger partial charge in [-0.15, -0.1) is 5.10 Å². The number of aromatic nitrogens is 4. The van der Waals surface area contributed by atoms with E-state index in [0.717, 1.165) is 34.3 Å². The van der Waals surface area contributed by atoms with Crippen molar-refractivity contribution >= 4 is 17.3 Å². The van der Waals surface area contributed by atoms with Crippen molar-refractivity contribution < 1.29 is 4.79 Å². The second-order valence-electron chi connectivity index (χ2n) is 5.18. The Morgan fingerprint density at radius 3 is 2.90 bits per heavy atom. The molecule has 1 atom stereocenters. The number of aldehydes is 1. The van der Waals surface area contributed by atoms with Crippen LogP contribution in [0.1, 0.15) is 22.9 Å². The molecule has 0 saturated heterocycles. The van der Waals surface area contributed by atoms with E-state index in [-0.39, 0.29) is 5.92 Å². The Morgan fingerprint density at radius 1 is 1.29 bits per heavy atom. The number of pyridine rings is 1. The molecule has 0 saturated carbocycles. The van der Waals surface area contributed by atoms with E-state index < -0.39 is 0 Å². The highest BCUT2D eigenvalue weighted by Crippen LogP contribution is 2.22. The number of nitrogens with zero attached hydrogens (tertiary/aromatic N) is 4. The highest BCUT2D eigenvalue weighted by Gasteiger charge is 2.14. The normalized spacial score (nSPS) is 12.5. The zero-order valence-electron chi connectivity index (χ0n) is 12.0. The van der Waals surface area contributed by atoms with Crippen LogP contribution in [0.25, 0.3) is 11.0 Å². The molecule has 1 unspecified atom stereocenters. The van der Waals surface area contributed by atoms with Gasteiger partial charge in [-0.25, -0.2) is 4.68 Å². The van der Waals surface area contributed by atoms with E-state index in [1.165, 1.54) is 0 Å². The first-order chi connectivity index (χ1) is 10.2. The summed E-state index contributed by atoms with van der Waals surface area (Å²) in [6, 6.07) is 11.7. The predicted molar refractivity (Wildman–Crippen MR) is 80.0 cm³/mol. The molecule has 21 heavy (non-hydrogen) atoms. The third-order valence-electron chi connectivity index (χ3n) is 3.60. The molecular weight excluding hydrogens is 264 g/mol. The maximum absolute atomic E-state index is 11.5. The molecule has 106 valence electrons. The Morgan fingerprint density at radius 2 is 2.14 bits per heavy atom. The average Bonchev–Trinajstić information content (AvgIpc) is 2.86. The molecule has 0 amide bonds. The van der Waals surface area contributed by atoms with Gasteiger partial charge in [0.15, 0.2) is 0 Å². The summed E-state index contributed by atoms with van der Waals surface area (Å²) in [5.74, 6) is -0.210. The summed E-state index contributed by atoms with van der Waals surface area (Å²) in [5.41, 5.74) is 4.61. The van der Waals surface area contributed by atoms with E-state index in [2.05, 4.69) is 15.3 Å². The van der Waals surface area contributed by atoms with Crippen molar-refractivity contribution in [2.45, 2.75) is 19.3 Å². The summed E-state index contributed by atoms with van der Waals surface area (Å²) < 4.78 is 1.71. The van der Waals surface area contributed by atoms with Gasteiger partial charge in [0.1, 0.15) is 11.8 Å². The van der Waals surface area contributed by atoms with Crippen LogP contribution in [0, 0.1) is 6.92 Å². The molecule has 0 spiro atoms. The highest BCUT2D eigenvalue weighted by molar-refractivity contribution is 5.77. The Kier molecular flexibility index (Phi) is 3.48. The summed E-state index contributed by atoms with van der Waals surface area (Å²) in [5, 5.41) is 8.04. The van der Waals surface area contributed by atoms with Gasteiger partial charge in [-0.3, -0.25) is 4.98 Å². The predicted octanol–water partition coefficient (Wildman–Crippen LogP) is 2.20. The van der Waals surface area contributed by atoms with Crippen molar-refractivity contribution in [3.05, 3.63) is 53.3 Å². The fourth-order valence-corrected chi connectivity index (χ4v) is 2.46. The molecule has 2 aromatic heterocycles. The molecule has 0 aliphatic heterocycles. The summed E-state index contributed by atoms with van der Waals surface area (Å²) in [7, 11) is 1.84. The second kappa shape index (κ2) is 5.44. The third-order valence-corrected chi connectivity index (χ3v) is 3.60. The van der Waals surface area contributed by atoms with E-state index in [4.69, 9.17) is 0 Å².